The van der Waals surface area contributed by atoms with Crippen LogP contribution in [0.3, 0.4) is 0 Å². The van der Waals surface area contributed by atoms with E-state index in [1.807, 2.05) is 30.0 Å². The van der Waals surface area contributed by atoms with Crippen molar-refractivity contribution >= 4 is 17.6 Å². The first-order valence-corrected chi connectivity index (χ1v) is 12.1. The first-order chi connectivity index (χ1) is 16.2. The Morgan fingerprint density at radius 1 is 1.24 bits per heavy atom. The standard InChI is InChI=1S/C28H33N5O/c1-17(2)22(26-21-8-10-28(4,5)14-24(21)31-32-26)13-20-12-19(7-6-18(20)3)27(34)33-11-9-23-25(15-33)30-16-29-23/h6-7,12-13,16H,1,8-11,14-15H2,2-5H3,(H,29,30)(H,31,32)/b22-13+. The molecule has 0 unspecified atom stereocenters. The van der Waals surface area contributed by atoms with E-state index in [-0.39, 0.29) is 5.91 Å². The van der Waals surface area contributed by atoms with E-state index in [0.29, 0.717) is 24.1 Å². The summed E-state index contributed by atoms with van der Waals surface area (Å²) >= 11 is 0. The van der Waals surface area contributed by atoms with E-state index in [9.17, 15) is 4.79 Å². The van der Waals surface area contributed by atoms with Crippen molar-refractivity contribution in [1.82, 2.24) is 25.1 Å². The lowest BCUT2D eigenvalue weighted by atomic mass is 9.76. The van der Waals surface area contributed by atoms with Crippen LogP contribution in [0.4, 0.5) is 0 Å². The number of fused-ring (bicyclic) bond motifs is 2. The first-order valence-electron chi connectivity index (χ1n) is 12.1. The molecule has 5 rings (SSSR count). The van der Waals surface area contributed by atoms with Gasteiger partial charge in [-0.25, -0.2) is 4.98 Å². The summed E-state index contributed by atoms with van der Waals surface area (Å²) in [5.41, 5.74) is 10.8. The van der Waals surface area contributed by atoms with Gasteiger partial charge >= 0.3 is 0 Å². The molecule has 1 amide bonds. The molecule has 0 saturated carbocycles. The molecule has 3 heterocycles. The van der Waals surface area contributed by atoms with Gasteiger partial charge in [0, 0.05) is 41.1 Å². The second-order valence-electron chi connectivity index (χ2n) is 10.6. The minimum absolute atomic E-state index is 0.0413. The third-order valence-electron chi connectivity index (χ3n) is 7.27. The van der Waals surface area contributed by atoms with E-state index in [0.717, 1.165) is 65.0 Å². The fourth-order valence-corrected chi connectivity index (χ4v) is 5.11. The number of allylic oxidation sites excluding steroid dienone is 2. The van der Waals surface area contributed by atoms with Gasteiger partial charge in [0.05, 0.1) is 24.3 Å². The lowest BCUT2D eigenvalue weighted by Gasteiger charge is -2.29. The highest BCUT2D eigenvalue weighted by molar-refractivity contribution is 5.96. The molecule has 0 atom stereocenters. The van der Waals surface area contributed by atoms with E-state index >= 15 is 0 Å². The molecule has 34 heavy (non-hydrogen) atoms. The topological polar surface area (TPSA) is 77.7 Å². The number of carbonyl (C=O) groups excluding carboxylic acids is 1. The Hall–Kier alpha value is -3.41. The minimum Gasteiger partial charge on any atom is -0.348 e. The molecule has 0 saturated heterocycles. The Labute approximate surface area is 201 Å². The zero-order valence-corrected chi connectivity index (χ0v) is 20.6. The van der Waals surface area contributed by atoms with Crippen molar-refractivity contribution < 1.29 is 4.79 Å². The van der Waals surface area contributed by atoms with Gasteiger partial charge in [-0.05, 0) is 73.4 Å². The lowest BCUT2D eigenvalue weighted by Crippen LogP contribution is -2.36. The van der Waals surface area contributed by atoms with Crippen molar-refractivity contribution in [3.05, 3.63) is 81.7 Å². The Morgan fingerprint density at radius 2 is 2.06 bits per heavy atom. The Balaban J connectivity index is 1.47. The van der Waals surface area contributed by atoms with Gasteiger partial charge in [-0.3, -0.25) is 9.89 Å². The van der Waals surface area contributed by atoms with Crippen molar-refractivity contribution in [1.29, 1.82) is 0 Å². The molecule has 1 aliphatic heterocycles. The number of hydrogen-bond acceptors (Lipinski definition) is 3. The summed E-state index contributed by atoms with van der Waals surface area (Å²) < 4.78 is 0. The third-order valence-corrected chi connectivity index (χ3v) is 7.27. The average Bonchev–Trinajstić information content (AvgIpc) is 3.43. The number of rotatable bonds is 4. The maximum Gasteiger partial charge on any atom is 0.254 e. The Bertz CT molecular complexity index is 1310. The van der Waals surface area contributed by atoms with E-state index in [2.05, 4.69) is 48.5 Å². The van der Waals surface area contributed by atoms with Crippen LogP contribution in [0.15, 0.2) is 36.7 Å². The fraction of sp³-hybridized carbons (Fsp3) is 0.393. The van der Waals surface area contributed by atoms with E-state index < -0.39 is 0 Å². The molecule has 0 bridgehead atoms. The molecule has 0 radical (unpaired) electrons. The van der Waals surface area contributed by atoms with Crippen molar-refractivity contribution in [2.24, 2.45) is 5.41 Å². The van der Waals surface area contributed by atoms with Crippen LogP contribution in [0.2, 0.25) is 0 Å². The van der Waals surface area contributed by atoms with Gasteiger partial charge < -0.3 is 9.88 Å². The second-order valence-corrected chi connectivity index (χ2v) is 10.6. The van der Waals surface area contributed by atoms with Crippen LogP contribution < -0.4 is 0 Å². The molecule has 2 N–H and O–H groups in total. The molecular formula is C28H33N5O. The highest BCUT2D eigenvalue weighted by Gasteiger charge is 2.30. The predicted octanol–water partition coefficient (Wildman–Crippen LogP) is 5.27. The SMILES string of the molecule is C=C(C)/C(=C\c1cc(C(=O)N2CCc3[nH]cnc3C2)ccc1C)c1n[nH]c2c1CCC(C)(C)C2. The third kappa shape index (κ3) is 4.13. The molecule has 0 spiro atoms. The Kier molecular flexibility index (Phi) is 5.54. The zero-order chi connectivity index (χ0) is 24.0. The van der Waals surface area contributed by atoms with E-state index in [1.165, 1.54) is 11.3 Å². The van der Waals surface area contributed by atoms with Gasteiger partial charge in [0.15, 0.2) is 0 Å². The summed E-state index contributed by atoms with van der Waals surface area (Å²) in [7, 11) is 0. The molecule has 2 aromatic heterocycles. The molecular weight excluding hydrogens is 422 g/mol. The monoisotopic (exact) mass is 455 g/mol. The van der Waals surface area contributed by atoms with Crippen LogP contribution in [-0.2, 0) is 25.8 Å². The van der Waals surface area contributed by atoms with Crippen LogP contribution >= 0.6 is 0 Å². The number of nitrogens with zero attached hydrogens (tertiary/aromatic N) is 3. The van der Waals surface area contributed by atoms with Gasteiger partial charge in [0.1, 0.15) is 0 Å². The van der Waals surface area contributed by atoms with Crippen LogP contribution in [0.25, 0.3) is 11.6 Å². The molecule has 3 aromatic rings. The Morgan fingerprint density at radius 3 is 2.85 bits per heavy atom. The highest BCUT2D eigenvalue weighted by Crippen LogP contribution is 2.38. The molecule has 1 aromatic carbocycles. The van der Waals surface area contributed by atoms with E-state index in [1.54, 1.807) is 6.33 Å². The first kappa shape index (κ1) is 22.4. The number of benzene rings is 1. The summed E-state index contributed by atoms with van der Waals surface area (Å²) in [6, 6.07) is 5.96. The number of nitrogens with one attached hydrogen (secondary N) is 2. The number of amides is 1. The average molecular weight is 456 g/mol. The largest absolute Gasteiger partial charge is 0.348 e. The zero-order valence-electron chi connectivity index (χ0n) is 20.6. The van der Waals surface area contributed by atoms with E-state index in [4.69, 9.17) is 5.10 Å². The maximum absolute atomic E-state index is 13.3. The maximum atomic E-state index is 13.3. The number of hydrogen-bond donors (Lipinski definition) is 2. The number of aromatic nitrogens is 4. The minimum atomic E-state index is 0.0413. The normalized spacial score (nSPS) is 17.3. The molecule has 0 fully saturated rings. The number of aromatic amines is 2. The summed E-state index contributed by atoms with van der Waals surface area (Å²) in [6.45, 7) is 14.2. The number of aryl methyl sites for hydroxylation is 1. The number of carbonyl (C=O) groups is 1. The fourth-order valence-electron chi connectivity index (χ4n) is 5.11. The van der Waals surface area contributed by atoms with Gasteiger partial charge in [0.25, 0.3) is 5.91 Å². The highest BCUT2D eigenvalue weighted by atomic mass is 16.2. The van der Waals surface area contributed by atoms with Gasteiger partial charge in [0.2, 0.25) is 0 Å². The van der Waals surface area contributed by atoms with Gasteiger partial charge in [-0.15, -0.1) is 0 Å². The lowest BCUT2D eigenvalue weighted by molar-refractivity contribution is 0.0732. The second kappa shape index (κ2) is 8.42. The van der Waals surface area contributed by atoms with Crippen molar-refractivity contribution in [3.63, 3.8) is 0 Å². The predicted molar refractivity (Wildman–Crippen MR) is 135 cm³/mol. The molecule has 176 valence electrons. The molecule has 2 aliphatic rings. The van der Waals surface area contributed by atoms with Crippen LogP contribution in [0.1, 0.15) is 77.0 Å². The summed E-state index contributed by atoms with van der Waals surface area (Å²) in [6.07, 6.45) is 7.83. The van der Waals surface area contributed by atoms with Gasteiger partial charge in [-0.1, -0.05) is 26.5 Å². The quantitative estimate of drug-likeness (QED) is 0.526. The smallest absolute Gasteiger partial charge is 0.254 e. The van der Waals surface area contributed by atoms with Crippen molar-refractivity contribution in [2.45, 2.75) is 59.9 Å². The van der Waals surface area contributed by atoms with Crippen molar-refractivity contribution in [2.75, 3.05) is 6.54 Å². The van der Waals surface area contributed by atoms with Crippen LogP contribution in [0.5, 0.6) is 0 Å². The summed E-state index contributed by atoms with van der Waals surface area (Å²) in [4.78, 5) is 22.7. The van der Waals surface area contributed by atoms with Gasteiger partial charge in [-0.2, -0.15) is 5.10 Å². The number of H-pyrrole nitrogens is 2. The summed E-state index contributed by atoms with van der Waals surface area (Å²) in [5, 5.41) is 8.01. The molecule has 6 nitrogen and oxygen atoms in total. The van der Waals surface area contributed by atoms with Crippen LogP contribution in [0, 0.1) is 12.3 Å². The molecule has 1 aliphatic carbocycles. The summed E-state index contributed by atoms with van der Waals surface area (Å²) in [5.74, 6) is 0.0413. The van der Waals surface area contributed by atoms with Crippen molar-refractivity contribution in [3.8, 4) is 0 Å². The molecule has 6 heteroatoms. The van der Waals surface area contributed by atoms with Crippen LogP contribution in [-0.4, -0.2) is 37.5 Å². The number of imidazole rings is 1.